The third-order valence-electron chi connectivity index (χ3n) is 5.01. The summed E-state index contributed by atoms with van der Waals surface area (Å²) in [6, 6.07) is 11.4. The first kappa shape index (κ1) is 21.4. The van der Waals surface area contributed by atoms with Crippen molar-refractivity contribution in [3.8, 4) is 11.5 Å². The van der Waals surface area contributed by atoms with E-state index in [1.807, 2.05) is 50.2 Å². The molecule has 6 nitrogen and oxygen atoms in total. The maximum atomic E-state index is 12.8. The molecule has 0 atom stereocenters. The number of nitrogens with zero attached hydrogens (tertiary/aromatic N) is 1. The molecule has 2 aromatic rings. The Morgan fingerprint density at radius 3 is 2.81 bits per heavy atom. The van der Waals surface area contributed by atoms with E-state index in [0.29, 0.717) is 40.1 Å². The molecule has 1 saturated heterocycles. The van der Waals surface area contributed by atoms with Crippen molar-refractivity contribution in [2.75, 3.05) is 18.7 Å². The summed E-state index contributed by atoms with van der Waals surface area (Å²) in [6.07, 6.45) is 2.64. The molecular formula is C23H22N2O4S2. The Labute approximate surface area is 190 Å². The van der Waals surface area contributed by atoms with Crippen LogP contribution in [-0.4, -0.2) is 34.4 Å². The lowest BCUT2D eigenvalue weighted by molar-refractivity contribution is -0.122. The number of ether oxygens (including phenoxy) is 2. The molecule has 2 aromatic carbocycles. The van der Waals surface area contributed by atoms with Crippen LogP contribution in [-0.2, 0) is 9.59 Å². The van der Waals surface area contributed by atoms with Crippen LogP contribution in [0.4, 0.5) is 5.69 Å². The minimum absolute atomic E-state index is 0.0757. The average Bonchev–Trinajstić information content (AvgIpc) is 3.29. The lowest BCUT2D eigenvalue weighted by Crippen LogP contribution is -2.29. The van der Waals surface area contributed by atoms with Crippen LogP contribution in [0.1, 0.15) is 29.5 Å². The van der Waals surface area contributed by atoms with E-state index in [-0.39, 0.29) is 18.6 Å². The smallest absolute Gasteiger partial charge is 0.266 e. The summed E-state index contributed by atoms with van der Waals surface area (Å²) in [5, 5.41) is 2.93. The molecule has 0 bridgehead atoms. The fourth-order valence-corrected chi connectivity index (χ4v) is 4.72. The summed E-state index contributed by atoms with van der Waals surface area (Å²) in [5.74, 6) is 1.15. The van der Waals surface area contributed by atoms with Crippen LogP contribution >= 0.6 is 24.0 Å². The minimum Gasteiger partial charge on any atom is -0.454 e. The van der Waals surface area contributed by atoms with Crippen molar-refractivity contribution in [3.63, 3.8) is 0 Å². The van der Waals surface area contributed by atoms with Gasteiger partial charge in [0.2, 0.25) is 12.7 Å². The van der Waals surface area contributed by atoms with E-state index in [0.717, 1.165) is 22.4 Å². The summed E-state index contributed by atoms with van der Waals surface area (Å²) < 4.78 is 11.2. The van der Waals surface area contributed by atoms with Gasteiger partial charge in [0.25, 0.3) is 5.91 Å². The van der Waals surface area contributed by atoms with Gasteiger partial charge < -0.3 is 14.8 Å². The number of thiocarbonyl (C=S) groups is 1. The molecule has 4 rings (SSSR count). The largest absolute Gasteiger partial charge is 0.454 e. The Hall–Kier alpha value is -2.84. The second-order valence-corrected chi connectivity index (χ2v) is 9.09. The van der Waals surface area contributed by atoms with Gasteiger partial charge in [0.15, 0.2) is 11.5 Å². The van der Waals surface area contributed by atoms with Crippen LogP contribution in [0.5, 0.6) is 11.5 Å². The number of nitrogens with one attached hydrogen (secondary N) is 1. The van der Waals surface area contributed by atoms with Gasteiger partial charge in [0.05, 0.1) is 4.91 Å². The maximum Gasteiger partial charge on any atom is 0.266 e. The van der Waals surface area contributed by atoms with Crippen LogP contribution in [0.3, 0.4) is 0 Å². The second-order valence-electron chi connectivity index (χ2n) is 7.42. The monoisotopic (exact) mass is 454 g/mol. The second kappa shape index (κ2) is 9.11. The van der Waals surface area contributed by atoms with Crippen molar-refractivity contribution in [1.29, 1.82) is 0 Å². The molecule has 1 N–H and O–H groups in total. The van der Waals surface area contributed by atoms with Crippen molar-refractivity contribution in [3.05, 3.63) is 58.0 Å². The molecule has 2 amide bonds. The Morgan fingerprint density at radius 1 is 1.19 bits per heavy atom. The van der Waals surface area contributed by atoms with Gasteiger partial charge in [-0.25, -0.2) is 0 Å². The average molecular weight is 455 g/mol. The zero-order chi connectivity index (χ0) is 22.0. The van der Waals surface area contributed by atoms with Crippen LogP contribution in [0, 0.1) is 13.8 Å². The number of rotatable bonds is 6. The number of fused-ring (bicyclic) bond motifs is 1. The highest BCUT2D eigenvalue weighted by molar-refractivity contribution is 8.26. The zero-order valence-corrected chi connectivity index (χ0v) is 18.9. The highest BCUT2D eigenvalue weighted by atomic mass is 32.2. The fourth-order valence-electron chi connectivity index (χ4n) is 3.41. The van der Waals surface area contributed by atoms with Crippen LogP contribution in [0.15, 0.2) is 41.3 Å². The van der Waals surface area contributed by atoms with E-state index >= 15 is 0 Å². The first-order valence-corrected chi connectivity index (χ1v) is 11.2. The summed E-state index contributed by atoms with van der Waals surface area (Å²) in [6.45, 7) is 4.60. The number of thioether (sulfide) groups is 1. The number of amides is 2. The highest BCUT2D eigenvalue weighted by Gasteiger charge is 2.31. The van der Waals surface area contributed by atoms with E-state index in [2.05, 4.69) is 5.32 Å². The van der Waals surface area contributed by atoms with Crippen LogP contribution < -0.4 is 14.8 Å². The van der Waals surface area contributed by atoms with Crippen molar-refractivity contribution < 1.29 is 19.1 Å². The number of hydrogen-bond donors (Lipinski definition) is 1. The van der Waals surface area contributed by atoms with Gasteiger partial charge in [-0.2, -0.15) is 0 Å². The Bertz CT molecular complexity index is 1100. The topological polar surface area (TPSA) is 67.9 Å². The Kier molecular flexibility index (Phi) is 6.29. The van der Waals surface area contributed by atoms with E-state index in [1.54, 1.807) is 11.0 Å². The number of anilines is 1. The molecule has 2 heterocycles. The molecule has 8 heteroatoms. The predicted octanol–water partition coefficient (Wildman–Crippen LogP) is 4.65. The molecule has 0 aliphatic carbocycles. The molecule has 0 radical (unpaired) electrons. The van der Waals surface area contributed by atoms with Gasteiger partial charge in [0, 0.05) is 18.7 Å². The van der Waals surface area contributed by atoms with E-state index in [1.165, 1.54) is 11.8 Å². The van der Waals surface area contributed by atoms with Gasteiger partial charge in [-0.15, -0.1) is 0 Å². The molecule has 0 unspecified atom stereocenters. The van der Waals surface area contributed by atoms with E-state index in [9.17, 15) is 9.59 Å². The lowest BCUT2D eigenvalue weighted by Gasteiger charge is -2.14. The highest BCUT2D eigenvalue weighted by Crippen LogP contribution is 2.36. The summed E-state index contributed by atoms with van der Waals surface area (Å²) in [7, 11) is 0. The minimum atomic E-state index is -0.137. The quantitative estimate of drug-likeness (QED) is 0.506. The standard InChI is InChI=1S/C23H22N2O4S2/c1-14-5-7-17(15(2)10-14)24-21(26)4-3-9-25-22(27)20(31-23(25)30)12-16-6-8-18-19(11-16)29-13-28-18/h5-8,10-12H,3-4,9,13H2,1-2H3,(H,24,26). The van der Waals surface area contributed by atoms with Crippen molar-refractivity contribution in [2.24, 2.45) is 0 Å². The van der Waals surface area contributed by atoms with Gasteiger partial charge in [-0.05, 0) is 55.7 Å². The van der Waals surface area contributed by atoms with Crippen molar-refractivity contribution in [2.45, 2.75) is 26.7 Å². The number of benzene rings is 2. The number of carbonyl (C=O) groups is 2. The molecule has 2 aliphatic heterocycles. The molecular weight excluding hydrogens is 432 g/mol. The summed E-state index contributed by atoms with van der Waals surface area (Å²) in [4.78, 5) is 27.2. The molecule has 0 aromatic heterocycles. The Balaban J connectivity index is 1.32. The number of carbonyl (C=O) groups excluding carboxylic acids is 2. The molecule has 160 valence electrons. The Morgan fingerprint density at radius 2 is 2.00 bits per heavy atom. The zero-order valence-electron chi connectivity index (χ0n) is 17.3. The number of hydrogen-bond acceptors (Lipinski definition) is 6. The molecule has 0 spiro atoms. The van der Waals surface area contributed by atoms with E-state index in [4.69, 9.17) is 21.7 Å². The van der Waals surface area contributed by atoms with Crippen LogP contribution in [0.2, 0.25) is 0 Å². The molecule has 1 fully saturated rings. The molecule has 0 saturated carbocycles. The lowest BCUT2D eigenvalue weighted by atomic mass is 10.1. The third-order valence-corrected chi connectivity index (χ3v) is 6.39. The van der Waals surface area contributed by atoms with Gasteiger partial charge in [0.1, 0.15) is 4.32 Å². The van der Waals surface area contributed by atoms with Crippen molar-refractivity contribution in [1.82, 2.24) is 4.90 Å². The van der Waals surface area contributed by atoms with Gasteiger partial charge >= 0.3 is 0 Å². The third kappa shape index (κ3) is 4.91. The first-order valence-electron chi connectivity index (χ1n) is 9.93. The first-order chi connectivity index (χ1) is 14.9. The molecule has 2 aliphatic rings. The normalized spacial score (nSPS) is 16.3. The predicted molar refractivity (Wildman–Crippen MR) is 126 cm³/mol. The van der Waals surface area contributed by atoms with Gasteiger partial charge in [-0.3, -0.25) is 14.5 Å². The summed E-state index contributed by atoms with van der Waals surface area (Å²) >= 11 is 6.66. The van der Waals surface area contributed by atoms with E-state index < -0.39 is 0 Å². The van der Waals surface area contributed by atoms with Crippen molar-refractivity contribution >= 4 is 51.9 Å². The van der Waals surface area contributed by atoms with Gasteiger partial charge in [-0.1, -0.05) is 47.7 Å². The summed E-state index contributed by atoms with van der Waals surface area (Å²) in [5.41, 5.74) is 3.84. The fraction of sp³-hybridized carbons (Fsp3) is 0.261. The SMILES string of the molecule is Cc1ccc(NC(=O)CCCN2C(=O)C(=Cc3ccc4c(c3)OCO4)SC2=S)c(C)c1. The maximum absolute atomic E-state index is 12.8. The molecule has 31 heavy (non-hydrogen) atoms. The number of aryl methyl sites for hydroxylation is 2. The van der Waals surface area contributed by atoms with Crippen LogP contribution in [0.25, 0.3) is 6.08 Å².